The Bertz CT molecular complexity index is 857. The lowest BCUT2D eigenvalue weighted by atomic mass is 10.2. The third-order valence-corrected chi connectivity index (χ3v) is 3.76. The molecule has 0 saturated carbocycles. The summed E-state index contributed by atoms with van der Waals surface area (Å²) < 4.78 is 36.6. The number of benzene rings is 1. The Hall–Kier alpha value is -3.00. The normalized spacial score (nSPS) is 11.0. The second kappa shape index (κ2) is 9.09. The van der Waals surface area contributed by atoms with Gasteiger partial charge in [-0.3, -0.25) is 0 Å². The van der Waals surface area contributed by atoms with Crippen LogP contribution in [0.4, 0.5) is 8.78 Å². The number of ether oxygens (including phenoxy) is 2. The predicted molar refractivity (Wildman–Crippen MR) is 96.1 cm³/mol. The zero-order valence-corrected chi connectivity index (χ0v) is 14.8. The van der Waals surface area contributed by atoms with Crippen molar-refractivity contribution < 1.29 is 18.3 Å². The minimum absolute atomic E-state index is 0.0313. The average Bonchev–Trinajstić information content (AvgIpc) is 3.18. The summed E-state index contributed by atoms with van der Waals surface area (Å²) >= 11 is 0. The summed E-state index contributed by atoms with van der Waals surface area (Å²) in [4.78, 5) is 4.38. The van der Waals surface area contributed by atoms with E-state index in [1.165, 1.54) is 6.07 Å². The number of aromatic nitrogens is 3. The number of hydrogen-bond donors (Lipinski definition) is 1. The van der Waals surface area contributed by atoms with E-state index in [1.54, 1.807) is 36.1 Å². The molecule has 3 rings (SSSR count). The highest BCUT2D eigenvalue weighted by Crippen LogP contribution is 2.29. The van der Waals surface area contributed by atoms with Gasteiger partial charge in [-0.2, -0.15) is 13.9 Å². The van der Waals surface area contributed by atoms with Gasteiger partial charge in [-0.15, -0.1) is 0 Å². The average molecular weight is 374 g/mol. The lowest BCUT2D eigenvalue weighted by molar-refractivity contribution is -0.0514. The van der Waals surface area contributed by atoms with E-state index in [-0.39, 0.29) is 5.75 Å². The zero-order chi connectivity index (χ0) is 19.1. The topological polar surface area (TPSA) is 61.2 Å². The molecule has 0 amide bonds. The Morgan fingerprint density at radius 1 is 1.11 bits per heavy atom. The highest BCUT2D eigenvalue weighted by Gasteiger charge is 2.12. The number of nitrogens with one attached hydrogen (secondary N) is 1. The van der Waals surface area contributed by atoms with Crippen molar-refractivity contribution in [2.75, 3.05) is 6.61 Å². The van der Waals surface area contributed by atoms with Crippen molar-refractivity contribution in [3.8, 4) is 17.3 Å². The van der Waals surface area contributed by atoms with Crippen LogP contribution in [0.1, 0.15) is 18.1 Å². The van der Waals surface area contributed by atoms with Gasteiger partial charge in [0.25, 0.3) is 0 Å². The summed E-state index contributed by atoms with van der Waals surface area (Å²) in [5.74, 6) is 1.09. The van der Waals surface area contributed by atoms with Crippen molar-refractivity contribution in [2.45, 2.75) is 26.6 Å². The van der Waals surface area contributed by atoms with Crippen LogP contribution >= 0.6 is 0 Å². The second-order valence-corrected chi connectivity index (χ2v) is 5.63. The molecule has 8 heteroatoms. The lowest BCUT2D eigenvalue weighted by Crippen LogP contribution is -2.15. The van der Waals surface area contributed by atoms with Crippen molar-refractivity contribution in [3.63, 3.8) is 0 Å². The Morgan fingerprint density at radius 3 is 2.74 bits per heavy atom. The molecule has 0 fully saturated rings. The summed E-state index contributed by atoms with van der Waals surface area (Å²) in [6.07, 6.45) is 5.25. The van der Waals surface area contributed by atoms with Crippen LogP contribution in [0.3, 0.4) is 0 Å². The molecule has 3 aromatic rings. The first-order valence-corrected chi connectivity index (χ1v) is 8.52. The van der Waals surface area contributed by atoms with Crippen LogP contribution in [0.25, 0.3) is 5.82 Å². The number of halogens is 2. The standard InChI is InChI=1S/C19H20F2N4O2/c1-2-26-17-11-14(6-7-16(17)27-19(20)21)12-22-13-15-5-3-8-23-18(15)25-10-4-9-24-25/h3-11,19,22H,2,12-13H2,1H3. The van der Waals surface area contributed by atoms with Crippen LogP contribution in [-0.4, -0.2) is 28.0 Å². The van der Waals surface area contributed by atoms with E-state index in [4.69, 9.17) is 4.74 Å². The van der Waals surface area contributed by atoms with Crippen molar-refractivity contribution >= 4 is 0 Å². The molecule has 0 aliphatic heterocycles. The van der Waals surface area contributed by atoms with Gasteiger partial charge >= 0.3 is 6.61 Å². The summed E-state index contributed by atoms with van der Waals surface area (Å²) in [7, 11) is 0. The Kier molecular flexibility index (Phi) is 6.32. The minimum Gasteiger partial charge on any atom is -0.490 e. The molecule has 0 spiro atoms. The van der Waals surface area contributed by atoms with Crippen molar-refractivity contribution in [1.82, 2.24) is 20.1 Å². The van der Waals surface area contributed by atoms with Gasteiger partial charge in [0.05, 0.1) is 6.61 Å². The number of hydrogen-bond acceptors (Lipinski definition) is 5. The van der Waals surface area contributed by atoms with Gasteiger partial charge in [-0.05, 0) is 36.8 Å². The van der Waals surface area contributed by atoms with Gasteiger partial charge in [-0.25, -0.2) is 9.67 Å². The molecule has 1 N–H and O–H groups in total. The molecule has 6 nitrogen and oxygen atoms in total. The maximum absolute atomic E-state index is 12.5. The highest BCUT2D eigenvalue weighted by atomic mass is 19.3. The van der Waals surface area contributed by atoms with E-state index in [9.17, 15) is 8.78 Å². The Morgan fingerprint density at radius 2 is 2.00 bits per heavy atom. The van der Waals surface area contributed by atoms with Crippen LogP contribution in [0.15, 0.2) is 55.0 Å². The number of nitrogens with zero attached hydrogens (tertiary/aromatic N) is 3. The van der Waals surface area contributed by atoms with E-state index < -0.39 is 6.61 Å². The fourth-order valence-electron chi connectivity index (χ4n) is 2.63. The molecule has 0 radical (unpaired) electrons. The van der Waals surface area contributed by atoms with Gasteiger partial charge in [0.2, 0.25) is 0 Å². The third kappa shape index (κ3) is 5.01. The molecule has 0 unspecified atom stereocenters. The van der Waals surface area contributed by atoms with Crippen LogP contribution in [-0.2, 0) is 13.1 Å². The summed E-state index contributed by atoms with van der Waals surface area (Å²) in [5, 5.41) is 7.54. The van der Waals surface area contributed by atoms with Crippen LogP contribution < -0.4 is 14.8 Å². The zero-order valence-electron chi connectivity index (χ0n) is 14.8. The fraction of sp³-hybridized carbons (Fsp3) is 0.263. The summed E-state index contributed by atoms with van der Waals surface area (Å²) in [6.45, 7) is 0.361. The molecule has 27 heavy (non-hydrogen) atoms. The number of rotatable bonds is 9. The summed E-state index contributed by atoms with van der Waals surface area (Å²) in [5.41, 5.74) is 1.88. The predicted octanol–water partition coefficient (Wildman–Crippen LogP) is 3.56. The van der Waals surface area contributed by atoms with Gasteiger partial charge in [-0.1, -0.05) is 12.1 Å². The highest BCUT2D eigenvalue weighted by molar-refractivity contribution is 5.43. The molecule has 2 aromatic heterocycles. The molecule has 0 aliphatic rings. The minimum atomic E-state index is -2.89. The first kappa shape index (κ1) is 18.8. The van der Waals surface area contributed by atoms with E-state index in [1.807, 2.05) is 24.4 Å². The molecule has 0 aliphatic carbocycles. The fourth-order valence-corrected chi connectivity index (χ4v) is 2.63. The molecular formula is C19H20F2N4O2. The smallest absolute Gasteiger partial charge is 0.387 e. The molecule has 0 bridgehead atoms. The van der Waals surface area contributed by atoms with Crippen molar-refractivity contribution in [1.29, 1.82) is 0 Å². The van der Waals surface area contributed by atoms with E-state index in [0.29, 0.717) is 25.4 Å². The lowest BCUT2D eigenvalue weighted by Gasteiger charge is -2.13. The Balaban J connectivity index is 1.67. The molecule has 142 valence electrons. The largest absolute Gasteiger partial charge is 0.490 e. The molecule has 1 aromatic carbocycles. The maximum Gasteiger partial charge on any atom is 0.387 e. The SMILES string of the molecule is CCOc1cc(CNCc2cccnc2-n2cccn2)ccc1OC(F)F. The van der Waals surface area contributed by atoms with Gasteiger partial charge in [0.1, 0.15) is 0 Å². The van der Waals surface area contributed by atoms with E-state index in [0.717, 1.165) is 16.9 Å². The van der Waals surface area contributed by atoms with Crippen molar-refractivity contribution in [3.05, 3.63) is 66.1 Å². The first-order chi connectivity index (χ1) is 13.2. The molecule has 2 heterocycles. The number of pyridine rings is 1. The molecular weight excluding hydrogens is 354 g/mol. The van der Waals surface area contributed by atoms with Gasteiger partial charge < -0.3 is 14.8 Å². The quantitative estimate of drug-likeness (QED) is 0.621. The first-order valence-electron chi connectivity index (χ1n) is 8.52. The van der Waals surface area contributed by atoms with E-state index in [2.05, 4.69) is 20.1 Å². The summed E-state index contributed by atoms with van der Waals surface area (Å²) in [6, 6.07) is 10.6. The monoisotopic (exact) mass is 374 g/mol. The van der Waals surface area contributed by atoms with Gasteiger partial charge in [0, 0.05) is 37.2 Å². The van der Waals surface area contributed by atoms with Crippen molar-refractivity contribution in [2.24, 2.45) is 0 Å². The maximum atomic E-state index is 12.5. The van der Waals surface area contributed by atoms with E-state index >= 15 is 0 Å². The molecule has 0 atom stereocenters. The third-order valence-electron chi connectivity index (χ3n) is 3.76. The number of alkyl halides is 2. The second-order valence-electron chi connectivity index (χ2n) is 5.63. The van der Waals surface area contributed by atoms with Gasteiger partial charge in [0.15, 0.2) is 17.3 Å². The van der Waals surface area contributed by atoms with Crippen LogP contribution in [0.2, 0.25) is 0 Å². The van der Waals surface area contributed by atoms with Crippen LogP contribution in [0, 0.1) is 0 Å². The Labute approximate surface area is 155 Å². The van der Waals surface area contributed by atoms with Crippen LogP contribution in [0.5, 0.6) is 11.5 Å². The molecule has 0 saturated heterocycles.